The van der Waals surface area contributed by atoms with Crippen molar-refractivity contribution < 1.29 is 9.90 Å². The van der Waals surface area contributed by atoms with E-state index in [0.29, 0.717) is 0 Å². The molecule has 0 aromatic heterocycles. The highest BCUT2D eigenvalue weighted by Gasteiger charge is 2.28. The summed E-state index contributed by atoms with van der Waals surface area (Å²) in [7, 11) is 0. The van der Waals surface area contributed by atoms with Crippen molar-refractivity contribution in [2.75, 3.05) is 0 Å². The average molecular weight is 242 g/mol. The fraction of sp³-hybridized carbons (Fsp3) is 0.312. The smallest absolute Gasteiger partial charge is 0.307 e. The maximum atomic E-state index is 10.8. The van der Waals surface area contributed by atoms with E-state index < -0.39 is 5.97 Å². The zero-order valence-electron chi connectivity index (χ0n) is 10.8. The van der Waals surface area contributed by atoms with Crippen LogP contribution >= 0.6 is 0 Å². The lowest BCUT2D eigenvalue weighted by molar-refractivity contribution is -0.136. The minimum atomic E-state index is -0.756. The molecule has 1 aliphatic rings. The summed E-state index contributed by atoms with van der Waals surface area (Å²) in [5.74, 6) is -0.756. The van der Waals surface area contributed by atoms with Gasteiger partial charge in [-0.15, -0.1) is 0 Å². The summed E-state index contributed by atoms with van der Waals surface area (Å²) in [6.45, 7) is 4.33. The highest BCUT2D eigenvalue weighted by molar-refractivity contribution is 5.75. The van der Waals surface area contributed by atoms with E-state index in [1.807, 2.05) is 24.3 Å². The summed E-state index contributed by atoms with van der Waals surface area (Å²) in [6.07, 6.45) is 4.97. The monoisotopic (exact) mass is 242 g/mol. The molecule has 0 aliphatic heterocycles. The van der Waals surface area contributed by atoms with Crippen molar-refractivity contribution in [3.8, 4) is 0 Å². The van der Waals surface area contributed by atoms with Crippen molar-refractivity contribution in [3.63, 3.8) is 0 Å². The molecule has 1 aliphatic carbocycles. The van der Waals surface area contributed by atoms with Crippen LogP contribution in [0.25, 0.3) is 5.57 Å². The number of benzene rings is 1. The minimum Gasteiger partial charge on any atom is -0.481 e. The molecular formula is C16H18O2. The highest BCUT2D eigenvalue weighted by atomic mass is 16.4. The van der Waals surface area contributed by atoms with Gasteiger partial charge in [-0.3, -0.25) is 4.79 Å². The van der Waals surface area contributed by atoms with E-state index in [1.54, 1.807) is 0 Å². The summed E-state index contributed by atoms with van der Waals surface area (Å²) >= 11 is 0. The van der Waals surface area contributed by atoms with Gasteiger partial charge in [0.05, 0.1) is 6.42 Å². The number of carboxylic acid groups (broad SMARTS) is 1. The Bertz CT molecular complexity index is 507. The third-order valence-electron chi connectivity index (χ3n) is 3.35. The van der Waals surface area contributed by atoms with Crippen LogP contribution in [0.4, 0.5) is 0 Å². The Labute approximate surface area is 108 Å². The second-order valence-electron chi connectivity index (χ2n) is 5.40. The van der Waals surface area contributed by atoms with Gasteiger partial charge < -0.3 is 5.11 Å². The van der Waals surface area contributed by atoms with Crippen LogP contribution in [-0.2, 0) is 4.79 Å². The van der Waals surface area contributed by atoms with Crippen molar-refractivity contribution in [2.24, 2.45) is 5.41 Å². The summed E-state index contributed by atoms with van der Waals surface area (Å²) < 4.78 is 0. The Hall–Kier alpha value is -1.83. The van der Waals surface area contributed by atoms with E-state index in [0.717, 1.165) is 12.0 Å². The Balaban J connectivity index is 2.33. The number of carboxylic acids is 1. The first-order chi connectivity index (χ1) is 8.49. The molecule has 0 spiro atoms. The molecule has 0 unspecified atom stereocenters. The van der Waals surface area contributed by atoms with Gasteiger partial charge in [0.15, 0.2) is 0 Å². The van der Waals surface area contributed by atoms with Crippen molar-refractivity contribution in [1.82, 2.24) is 0 Å². The predicted molar refractivity (Wildman–Crippen MR) is 73.2 cm³/mol. The molecule has 18 heavy (non-hydrogen) atoms. The summed E-state index contributed by atoms with van der Waals surface area (Å²) in [4.78, 5) is 10.8. The number of aliphatic carboxylic acids is 1. The molecule has 0 bridgehead atoms. The molecule has 2 nitrogen and oxygen atoms in total. The first kappa shape index (κ1) is 12.6. The van der Waals surface area contributed by atoms with Gasteiger partial charge >= 0.3 is 5.97 Å². The summed E-state index contributed by atoms with van der Waals surface area (Å²) in [5, 5.41) is 8.86. The molecule has 1 N–H and O–H groups in total. The van der Waals surface area contributed by atoms with Crippen LogP contribution in [0.5, 0.6) is 0 Å². The molecule has 0 amide bonds. The predicted octanol–water partition coefficient (Wildman–Crippen LogP) is 3.90. The number of hydrogen-bond acceptors (Lipinski definition) is 1. The molecule has 2 rings (SSSR count). The van der Waals surface area contributed by atoms with Crippen LogP contribution in [0.3, 0.4) is 0 Å². The molecule has 0 saturated carbocycles. The zero-order chi connectivity index (χ0) is 13.2. The van der Waals surface area contributed by atoms with Crippen LogP contribution < -0.4 is 0 Å². The lowest BCUT2D eigenvalue weighted by Gasteiger charge is -2.32. The first-order valence-electron chi connectivity index (χ1n) is 6.16. The van der Waals surface area contributed by atoms with Gasteiger partial charge in [0, 0.05) is 0 Å². The van der Waals surface area contributed by atoms with Crippen molar-refractivity contribution >= 4 is 11.5 Å². The van der Waals surface area contributed by atoms with Crippen molar-refractivity contribution in [3.05, 3.63) is 53.6 Å². The first-order valence-corrected chi connectivity index (χ1v) is 6.16. The van der Waals surface area contributed by atoms with E-state index in [2.05, 4.69) is 32.1 Å². The Morgan fingerprint density at radius 3 is 2.44 bits per heavy atom. The van der Waals surface area contributed by atoms with Gasteiger partial charge in [-0.25, -0.2) is 0 Å². The fourth-order valence-corrected chi connectivity index (χ4v) is 2.57. The summed E-state index contributed by atoms with van der Waals surface area (Å²) in [5.41, 5.74) is 3.47. The van der Waals surface area contributed by atoms with E-state index >= 15 is 0 Å². The zero-order valence-corrected chi connectivity index (χ0v) is 10.8. The molecule has 0 radical (unpaired) electrons. The number of carbonyl (C=O) groups is 1. The normalized spacial score (nSPS) is 17.9. The second kappa shape index (κ2) is 4.81. The van der Waals surface area contributed by atoms with Crippen LogP contribution in [-0.4, -0.2) is 11.1 Å². The van der Waals surface area contributed by atoms with Gasteiger partial charge in [0.2, 0.25) is 0 Å². The third kappa shape index (κ3) is 2.70. The fourth-order valence-electron chi connectivity index (χ4n) is 2.57. The standard InChI is InChI=1S/C16H18O2/c1-16(2)11-12(10-15(17)18)8-9-14(16)13-6-4-3-5-7-13/h3-9H,10-11H2,1-2H3,(H,17,18). The van der Waals surface area contributed by atoms with E-state index in [9.17, 15) is 4.79 Å². The number of allylic oxidation sites excluding steroid dienone is 3. The lowest BCUT2D eigenvalue weighted by atomic mass is 9.72. The number of rotatable bonds is 3. The molecule has 1 aromatic rings. The Morgan fingerprint density at radius 2 is 1.89 bits per heavy atom. The molecule has 94 valence electrons. The minimum absolute atomic E-state index is 0.0130. The van der Waals surface area contributed by atoms with Crippen LogP contribution in [0.2, 0.25) is 0 Å². The Morgan fingerprint density at radius 1 is 1.22 bits per heavy atom. The van der Waals surface area contributed by atoms with E-state index in [4.69, 9.17) is 5.11 Å². The largest absolute Gasteiger partial charge is 0.481 e. The van der Waals surface area contributed by atoms with E-state index in [1.165, 1.54) is 11.1 Å². The average Bonchev–Trinajstić information content (AvgIpc) is 2.28. The molecular weight excluding hydrogens is 224 g/mol. The van der Waals surface area contributed by atoms with Gasteiger partial charge in [-0.05, 0) is 23.0 Å². The molecule has 0 saturated heterocycles. The highest BCUT2D eigenvalue weighted by Crippen LogP contribution is 2.43. The summed E-state index contributed by atoms with van der Waals surface area (Å²) in [6, 6.07) is 10.3. The van der Waals surface area contributed by atoms with Crippen LogP contribution in [0, 0.1) is 5.41 Å². The quantitative estimate of drug-likeness (QED) is 0.872. The van der Waals surface area contributed by atoms with Gasteiger partial charge in [0.25, 0.3) is 0 Å². The maximum Gasteiger partial charge on any atom is 0.307 e. The molecule has 0 fully saturated rings. The van der Waals surface area contributed by atoms with Gasteiger partial charge in [0.1, 0.15) is 0 Å². The van der Waals surface area contributed by atoms with Crippen LogP contribution in [0.15, 0.2) is 48.1 Å². The molecule has 1 aromatic carbocycles. The lowest BCUT2D eigenvalue weighted by Crippen LogP contribution is -2.18. The van der Waals surface area contributed by atoms with Gasteiger partial charge in [-0.2, -0.15) is 0 Å². The van der Waals surface area contributed by atoms with Crippen LogP contribution in [0.1, 0.15) is 32.3 Å². The number of hydrogen-bond donors (Lipinski definition) is 1. The molecule has 0 heterocycles. The second-order valence-corrected chi connectivity index (χ2v) is 5.40. The SMILES string of the molecule is CC1(C)CC(CC(=O)O)=CC=C1c1ccccc1. The van der Waals surface area contributed by atoms with Gasteiger partial charge in [-0.1, -0.05) is 61.9 Å². The third-order valence-corrected chi connectivity index (χ3v) is 3.35. The topological polar surface area (TPSA) is 37.3 Å². The maximum absolute atomic E-state index is 10.8. The molecule has 0 atom stereocenters. The van der Waals surface area contributed by atoms with E-state index in [-0.39, 0.29) is 11.8 Å². The van der Waals surface area contributed by atoms with Crippen molar-refractivity contribution in [1.29, 1.82) is 0 Å². The molecule has 2 heteroatoms. The Kier molecular flexibility index (Phi) is 3.37. The van der Waals surface area contributed by atoms with Crippen molar-refractivity contribution in [2.45, 2.75) is 26.7 Å².